The number of carbonyl (C=O) groups excluding carboxylic acids is 2. The van der Waals surface area contributed by atoms with Crippen molar-refractivity contribution in [3.63, 3.8) is 0 Å². The van der Waals surface area contributed by atoms with E-state index in [1.165, 1.54) is 0 Å². The molecule has 1 aromatic heterocycles. The Bertz CT molecular complexity index is 1590. The van der Waals surface area contributed by atoms with Crippen LogP contribution < -0.4 is 24.3 Å². The van der Waals surface area contributed by atoms with Crippen LogP contribution in [-0.4, -0.2) is 80.9 Å². The fourth-order valence-electron chi connectivity index (χ4n) is 5.31. The van der Waals surface area contributed by atoms with E-state index in [0.29, 0.717) is 60.4 Å². The van der Waals surface area contributed by atoms with Gasteiger partial charge in [0, 0.05) is 67.5 Å². The first kappa shape index (κ1) is 29.4. The predicted molar refractivity (Wildman–Crippen MR) is 165 cm³/mol. The second-order valence-electron chi connectivity index (χ2n) is 10.1. The van der Waals surface area contributed by atoms with Crippen molar-refractivity contribution in [1.82, 2.24) is 14.4 Å². The summed E-state index contributed by atoms with van der Waals surface area (Å²) in [6.45, 7) is 3.58. The summed E-state index contributed by atoms with van der Waals surface area (Å²) >= 11 is 0. The van der Waals surface area contributed by atoms with Crippen molar-refractivity contribution in [3.05, 3.63) is 84.1 Å². The smallest absolute Gasteiger partial charge is 0.321 e. The molecule has 3 aromatic carbocycles. The highest BCUT2D eigenvalue weighted by atomic mass is 16.5. The standard InChI is InChI=1S/C33H36N4O6/c1-22-28(21-29(23-9-7-6-8-10-23)37(22)25-11-12-30(42-4)31(19-25)43-5)32(38)35-13-15-36(16-14-35)33(39)34-24-17-26(40-2)20-27(18-24)41-3/h6-12,17-21H,13-16H2,1-5H3,(H,34,39). The number of anilines is 1. The Kier molecular flexibility index (Phi) is 8.75. The summed E-state index contributed by atoms with van der Waals surface area (Å²) in [5, 5.41) is 2.91. The SMILES string of the molecule is COc1cc(NC(=O)N2CCN(C(=O)c3cc(-c4ccccc4)n(-c4ccc(OC)c(OC)c4)c3C)CC2)cc(OC)c1. The van der Waals surface area contributed by atoms with Crippen molar-refractivity contribution in [1.29, 1.82) is 0 Å². The van der Waals surface area contributed by atoms with Crippen LogP contribution in [0.5, 0.6) is 23.0 Å². The van der Waals surface area contributed by atoms with Crippen LogP contribution in [0.4, 0.5) is 10.5 Å². The van der Waals surface area contributed by atoms with Crippen molar-refractivity contribution in [2.45, 2.75) is 6.92 Å². The lowest BCUT2D eigenvalue weighted by molar-refractivity contribution is 0.0671. The van der Waals surface area contributed by atoms with E-state index in [4.69, 9.17) is 18.9 Å². The van der Waals surface area contributed by atoms with Gasteiger partial charge in [-0.2, -0.15) is 0 Å². The third kappa shape index (κ3) is 6.08. The summed E-state index contributed by atoms with van der Waals surface area (Å²) in [6, 6.07) is 22.6. The molecule has 2 heterocycles. The lowest BCUT2D eigenvalue weighted by Gasteiger charge is -2.34. The molecule has 1 fully saturated rings. The van der Waals surface area contributed by atoms with E-state index >= 15 is 0 Å². The van der Waals surface area contributed by atoms with E-state index in [-0.39, 0.29) is 11.9 Å². The van der Waals surface area contributed by atoms with Gasteiger partial charge in [0.1, 0.15) is 11.5 Å². The van der Waals surface area contributed by atoms with Gasteiger partial charge in [0.2, 0.25) is 0 Å². The summed E-state index contributed by atoms with van der Waals surface area (Å²) in [5.41, 5.74) is 4.71. The average molecular weight is 585 g/mol. The van der Waals surface area contributed by atoms with Crippen molar-refractivity contribution in [3.8, 4) is 39.9 Å². The third-order valence-electron chi connectivity index (χ3n) is 7.63. The van der Waals surface area contributed by atoms with E-state index in [0.717, 1.165) is 22.6 Å². The quantitative estimate of drug-likeness (QED) is 0.295. The Morgan fingerprint density at radius 1 is 0.698 bits per heavy atom. The molecule has 0 unspecified atom stereocenters. The average Bonchev–Trinajstić information content (AvgIpc) is 3.40. The van der Waals surface area contributed by atoms with Gasteiger partial charge in [0.25, 0.3) is 5.91 Å². The second kappa shape index (κ2) is 12.8. The number of aromatic nitrogens is 1. The summed E-state index contributed by atoms with van der Waals surface area (Å²) < 4.78 is 23.7. The Hall–Kier alpha value is -5.12. The number of nitrogens with zero attached hydrogens (tertiary/aromatic N) is 3. The number of ether oxygens (including phenoxy) is 4. The molecule has 1 N–H and O–H groups in total. The molecule has 43 heavy (non-hydrogen) atoms. The molecule has 0 bridgehead atoms. The van der Waals surface area contributed by atoms with Gasteiger partial charge in [-0.05, 0) is 30.7 Å². The summed E-state index contributed by atoms with van der Waals surface area (Å²) in [5.74, 6) is 2.31. The number of nitrogens with one attached hydrogen (secondary N) is 1. The first-order chi connectivity index (χ1) is 20.9. The van der Waals surface area contributed by atoms with Gasteiger partial charge in [0.05, 0.1) is 39.7 Å². The molecule has 224 valence electrons. The van der Waals surface area contributed by atoms with Gasteiger partial charge < -0.3 is 38.6 Å². The molecule has 3 amide bonds. The topological polar surface area (TPSA) is 94.5 Å². The Morgan fingerprint density at radius 2 is 1.33 bits per heavy atom. The maximum atomic E-state index is 13.9. The molecule has 1 aliphatic heterocycles. The maximum absolute atomic E-state index is 13.9. The number of urea groups is 1. The highest BCUT2D eigenvalue weighted by molar-refractivity contribution is 5.98. The normalized spacial score (nSPS) is 13.0. The molecular weight excluding hydrogens is 548 g/mol. The molecule has 10 heteroatoms. The molecule has 1 aliphatic rings. The number of hydrogen-bond acceptors (Lipinski definition) is 6. The van der Waals surface area contributed by atoms with Gasteiger partial charge in [-0.1, -0.05) is 30.3 Å². The number of hydrogen-bond donors (Lipinski definition) is 1. The fraction of sp³-hybridized carbons (Fsp3) is 0.273. The zero-order valence-electron chi connectivity index (χ0n) is 25.0. The van der Waals surface area contributed by atoms with Gasteiger partial charge >= 0.3 is 6.03 Å². The summed E-state index contributed by atoms with van der Waals surface area (Å²) in [4.78, 5) is 30.4. The lowest BCUT2D eigenvalue weighted by atomic mass is 10.1. The highest BCUT2D eigenvalue weighted by Crippen LogP contribution is 2.35. The minimum atomic E-state index is -0.246. The zero-order chi connectivity index (χ0) is 30.5. The van der Waals surface area contributed by atoms with Crippen LogP contribution in [0.25, 0.3) is 16.9 Å². The third-order valence-corrected chi connectivity index (χ3v) is 7.63. The number of amides is 3. The van der Waals surface area contributed by atoms with Crippen molar-refractivity contribution < 1.29 is 28.5 Å². The Balaban J connectivity index is 1.36. The van der Waals surface area contributed by atoms with E-state index < -0.39 is 0 Å². The van der Waals surface area contributed by atoms with Crippen LogP contribution in [0.2, 0.25) is 0 Å². The van der Waals surface area contributed by atoms with Crippen molar-refractivity contribution in [2.24, 2.45) is 0 Å². The minimum Gasteiger partial charge on any atom is -0.497 e. The number of carbonyl (C=O) groups is 2. The van der Waals surface area contributed by atoms with E-state index in [9.17, 15) is 9.59 Å². The van der Waals surface area contributed by atoms with E-state index in [1.807, 2.05) is 61.5 Å². The van der Waals surface area contributed by atoms with Crippen LogP contribution in [0.1, 0.15) is 16.1 Å². The summed E-state index contributed by atoms with van der Waals surface area (Å²) in [7, 11) is 6.32. The first-order valence-electron chi connectivity index (χ1n) is 13.9. The first-order valence-corrected chi connectivity index (χ1v) is 13.9. The van der Waals surface area contributed by atoms with Crippen LogP contribution in [0.3, 0.4) is 0 Å². The highest BCUT2D eigenvalue weighted by Gasteiger charge is 2.28. The van der Waals surface area contributed by atoms with Crippen molar-refractivity contribution in [2.75, 3.05) is 59.9 Å². The molecule has 1 saturated heterocycles. The van der Waals surface area contributed by atoms with Crippen molar-refractivity contribution >= 4 is 17.6 Å². The molecule has 0 radical (unpaired) electrons. The maximum Gasteiger partial charge on any atom is 0.321 e. The lowest BCUT2D eigenvalue weighted by Crippen LogP contribution is -2.51. The van der Waals surface area contributed by atoms with E-state index in [2.05, 4.69) is 9.88 Å². The minimum absolute atomic E-state index is 0.0773. The molecule has 0 atom stereocenters. The summed E-state index contributed by atoms with van der Waals surface area (Å²) in [6.07, 6.45) is 0. The number of piperazine rings is 1. The zero-order valence-corrected chi connectivity index (χ0v) is 25.0. The van der Waals surface area contributed by atoms with Crippen LogP contribution in [0, 0.1) is 6.92 Å². The van der Waals surface area contributed by atoms with Gasteiger partial charge in [-0.15, -0.1) is 0 Å². The number of rotatable bonds is 8. The molecule has 10 nitrogen and oxygen atoms in total. The molecule has 0 spiro atoms. The largest absolute Gasteiger partial charge is 0.497 e. The monoisotopic (exact) mass is 584 g/mol. The van der Waals surface area contributed by atoms with Gasteiger partial charge in [-0.25, -0.2) is 4.79 Å². The van der Waals surface area contributed by atoms with Crippen LogP contribution in [0.15, 0.2) is 72.8 Å². The number of methoxy groups -OCH3 is 4. The van der Waals surface area contributed by atoms with Gasteiger partial charge in [-0.3, -0.25) is 4.79 Å². The van der Waals surface area contributed by atoms with Crippen LogP contribution >= 0.6 is 0 Å². The number of benzene rings is 3. The molecule has 4 aromatic rings. The molecule has 0 saturated carbocycles. The second-order valence-corrected chi connectivity index (χ2v) is 10.1. The Morgan fingerprint density at radius 3 is 1.93 bits per heavy atom. The molecular formula is C33H36N4O6. The molecule has 0 aliphatic carbocycles. The van der Waals surface area contributed by atoms with Gasteiger partial charge in [0.15, 0.2) is 11.5 Å². The van der Waals surface area contributed by atoms with Crippen LogP contribution in [-0.2, 0) is 0 Å². The molecule has 5 rings (SSSR count). The Labute approximate surface area is 251 Å². The van der Waals surface area contributed by atoms with E-state index in [1.54, 1.807) is 56.4 Å². The predicted octanol–water partition coefficient (Wildman–Crippen LogP) is 5.48. The fourth-order valence-corrected chi connectivity index (χ4v) is 5.31.